The highest BCUT2D eigenvalue weighted by molar-refractivity contribution is 6.01. The molecule has 0 spiro atoms. The molecule has 0 saturated carbocycles. The predicted molar refractivity (Wildman–Crippen MR) is 89.6 cm³/mol. The van der Waals surface area contributed by atoms with E-state index in [1.165, 1.54) is 5.57 Å². The van der Waals surface area contributed by atoms with Gasteiger partial charge in [0.1, 0.15) is 6.61 Å². The van der Waals surface area contributed by atoms with Crippen LogP contribution in [0.15, 0.2) is 35.3 Å². The van der Waals surface area contributed by atoms with Crippen LogP contribution in [-0.2, 0) is 7.05 Å². The molecule has 0 amide bonds. The molecule has 4 nitrogen and oxygen atoms in total. The summed E-state index contributed by atoms with van der Waals surface area (Å²) in [6.07, 6.45) is 2.11. The van der Waals surface area contributed by atoms with Gasteiger partial charge in [0.05, 0.1) is 17.7 Å². The van der Waals surface area contributed by atoms with Gasteiger partial charge in [-0.05, 0) is 37.1 Å². The Labute approximate surface area is 128 Å². The predicted octanol–water partition coefficient (Wildman–Crippen LogP) is 2.98. The highest BCUT2D eigenvalue weighted by atomic mass is 16.5. The fourth-order valence-corrected chi connectivity index (χ4v) is 3.49. The van der Waals surface area contributed by atoms with Crippen LogP contribution in [0.5, 0.6) is 5.75 Å². The molecule has 4 rings (SSSR count). The Bertz CT molecular complexity index is 934. The van der Waals surface area contributed by atoms with Gasteiger partial charge in [-0.3, -0.25) is 4.79 Å². The number of benzene rings is 1. The zero-order valence-electron chi connectivity index (χ0n) is 13.1. The number of fused-ring (bicyclic) bond motifs is 2. The fourth-order valence-electron chi connectivity index (χ4n) is 3.49. The lowest BCUT2D eigenvalue weighted by Gasteiger charge is -2.37. The number of anilines is 1. The number of aryl methyl sites for hydroxylation is 2. The van der Waals surface area contributed by atoms with Gasteiger partial charge in [0.2, 0.25) is 0 Å². The first kappa shape index (κ1) is 13.2. The molecule has 1 aromatic carbocycles. The van der Waals surface area contributed by atoms with Crippen LogP contribution in [0.4, 0.5) is 5.69 Å². The molecule has 2 aliphatic rings. The molecule has 112 valence electrons. The highest BCUT2D eigenvalue weighted by Gasteiger charge is 2.30. The molecule has 0 saturated heterocycles. The van der Waals surface area contributed by atoms with Crippen molar-refractivity contribution in [2.45, 2.75) is 13.8 Å². The van der Waals surface area contributed by atoms with E-state index < -0.39 is 0 Å². The summed E-state index contributed by atoms with van der Waals surface area (Å²) in [6.45, 7) is 9.61. The maximum Gasteiger partial charge on any atom is 0.251 e. The van der Waals surface area contributed by atoms with E-state index in [4.69, 9.17) is 4.74 Å². The Kier molecular flexibility index (Phi) is 2.55. The molecule has 22 heavy (non-hydrogen) atoms. The van der Waals surface area contributed by atoms with Crippen molar-refractivity contribution in [3.05, 3.63) is 52.0 Å². The molecule has 0 unspecified atom stereocenters. The summed E-state index contributed by atoms with van der Waals surface area (Å²) in [4.78, 5) is 14.4. The summed E-state index contributed by atoms with van der Waals surface area (Å²) in [5, 5.41) is 1.07. The quantitative estimate of drug-likeness (QED) is 0.749. The molecule has 0 N–H and O–H groups in total. The Morgan fingerprint density at radius 2 is 2.05 bits per heavy atom. The zero-order chi connectivity index (χ0) is 15.6. The number of hydrogen-bond donors (Lipinski definition) is 0. The molecule has 2 aliphatic heterocycles. The largest absolute Gasteiger partial charge is 0.487 e. The lowest BCUT2D eigenvalue weighted by Crippen LogP contribution is -2.34. The fraction of sp³-hybridized carbons (Fsp3) is 0.278. The third-order valence-corrected chi connectivity index (χ3v) is 4.65. The van der Waals surface area contributed by atoms with Crippen molar-refractivity contribution in [2.75, 3.05) is 18.1 Å². The molecule has 0 fully saturated rings. The summed E-state index contributed by atoms with van der Waals surface area (Å²) >= 11 is 0. The normalized spacial score (nSPS) is 16.4. The Morgan fingerprint density at radius 1 is 1.27 bits per heavy atom. The van der Waals surface area contributed by atoms with Gasteiger partial charge in [0.15, 0.2) is 5.75 Å². The first-order chi connectivity index (χ1) is 10.5. The van der Waals surface area contributed by atoms with Crippen LogP contribution in [0.25, 0.3) is 16.5 Å². The molecule has 0 atom stereocenters. The van der Waals surface area contributed by atoms with E-state index in [-0.39, 0.29) is 5.56 Å². The Morgan fingerprint density at radius 3 is 2.82 bits per heavy atom. The number of hydrogen-bond acceptors (Lipinski definition) is 3. The van der Waals surface area contributed by atoms with E-state index in [2.05, 4.69) is 30.5 Å². The number of rotatable bonds is 0. The number of aromatic nitrogens is 1. The van der Waals surface area contributed by atoms with Crippen LogP contribution in [0.2, 0.25) is 0 Å². The van der Waals surface area contributed by atoms with Gasteiger partial charge in [-0.1, -0.05) is 6.58 Å². The monoisotopic (exact) mass is 294 g/mol. The SMILES string of the molecule is C=C1C=C(C)c2cc3c(C)cc(=O)n(C)c3c3c2N1CCO3. The molecular weight excluding hydrogens is 276 g/mol. The maximum atomic E-state index is 12.2. The van der Waals surface area contributed by atoms with E-state index in [1.54, 1.807) is 17.7 Å². The molecule has 3 heterocycles. The minimum Gasteiger partial charge on any atom is -0.487 e. The summed E-state index contributed by atoms with van der Waals surface area (Å²) in [7, 11) is 1.80. The van der Waals surface area contributed by atoms with Crippen molar-refractivity contribution in [3.8, 4) is 5.75 Å². The topological polar surface area (TPSA) is 34.5 Å². The summed E-state index contributed by atoms with van der Waals surface area (Å²) in [5.41, 5.74) is 6.21. The van der Waals surface area contributed by atoms with E-state index in [0.717, 1.165) is 45.7 Å². The lowest BCUT2D eigenvalue weighted by atomic mass is 9.94. The van der Waals surface area contributed by atoms with E-state index in [0.29, 0.717) is 6.61 Å². The molecule has 0 aliphatic carbocycles. The van der Waals surface area contributed by atoms with Crippen LogP contribution < -0.4 is 15.2 Å². The van der Waals surface area contributed by atoms with E-state index in [1.807, 2.05) is 6.92 Å². The van der Waals surface area contributed by atoms with Gasteiger partial charge in [-0.15, -0.1) is 0 Å². The van der Waals surface area contributed by atoms with Gasteiger partial charge in [-0.2, -0.15) is 0 Å². The second-order valence-electron chi connectivity index (χ2n) is 6.04. The smallest absolute Gasteiger partial charge is 0.251 e. The molecular formula is C18H18N2O2. The van der Waals surface area contributed by atoms with Crippen molar-refractivity contribution in [3.63, 3.8) is 0 Å². The summed E-state index contributed by atoms with van der Waals surface area (Å²) < 4.78 is 7.68. The third kappa shape index (κ3) is 1.55. The summed E-state index contributed by atoms with van der Waals surface area (Å²) in [5.74, 6) is 0.802. The second kappa shape index (κ2) is 4.26. The van der Waals surface area contributed by atoms with E-state index >= 15 is 0 Å². The van der Waals surface area contributed by atoms with Gasteiger partial charge in [0, 0.05) is 29.8 Å². The van der Waals surface area contributed by atoms with Crippen molar-refractivity contribution < 1.29 is 4.74 Å². The highest BCUT2D eigenvalue weighted by Crippen LogP contribution is 2.47. The number of pyridine rings is 1. The standard InChI is InChI=1S/C18H18N2O2/c1-10-7-12(3)20-5-6-22-18-16-13(9-14(10)17(18)20)11(2)8-15(21)19(16)4/h7-9H,3,5-6H2,1-2,4H3. The molecule has 2 aromatic rings. The van der Waals surface area contributed by atoms with Crippen molar-refractivity contribution in [1.82, 2.24) is 4.57 Å². The van der Waals surface area contributed by atoms with Gasteiger partial charge < -0.3 is 14.2 Å². The van der Waals surface area contributed by atoms with Gasteiger partial charge in [0.25, 0.3) is 5.56 Å². The Balaban J connectivity index is 2.24. The van der Waals surface area contributed by atoms with E-state index in [9.17, 15) is 4.79 Å². The number of ether oxygens (including phenoxy) is 1. The van der Waals surface area contributed by atoms with Crippen LogP contribution in [0.3, 0.4) is 0 Å². The van der Waals surface area contributed by atoms with Crippen molar-refractivity contribution in [1.29, 1.82) is 0 Å². The first-order valence-electron chi connectivity index (χ1n) is 7.44. The minimum atomic E-state index is -0.0103. The Hall–Kier alpha value is -2.49. The second-order valence-corrected chi connectivity index (χ2v) is 6.04. The average Bonchev–Trinajstić information content (AvgIpc) is 2.49. The average molecular weight is 294 g/mol. The van der Waals surface area contributed by atoms with Crippen LogP contribution in [0, 0.1) is 6.92 Å². The molecule has 0 bridgehead atoms. The third-order valence-electron chi connectivity index (χ3n) is 4.65. The van der Waals surface area contributed by atoms with Crippen LogP contribution in [0.1, 0.15) is 18.1 Å². The van der Waals surface area contributed by atoms with Gasteiger partial charge >= 0.3 is 0 Å². The van der Waals surface area contributed by atoms with Crippen molar-refractivity contribution >= 4 is 22.2 Å². The van der Waals surface area contributed by atoms with Gasteiger partial charge in [-0.25, -0.2) is 0 Å². The van der Waals surface area contributed by atoms with Crippen molar-refractivity contribution in [2.24, 2.45) is 7.05 Å². The zero-order valence-corrected chi connectivity index (χ0v) is 13.1. The molecule has 4 heteroatoms. The van der Waals surface area contributed by atoms with Crippen LogP contribution >= 0.6 is 0 Å². The van der Waals surface area contributed by atoms with Crippen LogP contribution in [-0.4, -0.2) is 17.7 Å². The molecule has 1 aromatic heterocycles. The molecule has 0 radical (unpaired) electrons. The maximum absolute atomic E-state index is 12.2. The number of allylic oxidation sites excluding steroid dienone is 2. The first-order valence-corrected chi connectivity index (χ1v) is 7.44. The lowest BCUT2D eigenvalue weighted by molar-refractivity contribution is 0.314. The minimum absolute atomic E-state index is 0.0103. The number of nitrogens with zero attached hydrogens (tertiary/aromatic N) is 2. The summed E-state index contributed by atoms with van der Waals surface area (Å²) in [6, 6.07) is 3.85.